The Morgan fingerprint density at radius 1 is 1.10 bits per heavy atom. The molecule has 0 saturated heterocycles. The zero-order valence-electron chi connectivity index (χ0n) is 11.2. The summed E-state index contributed by atoms with van der Waals surface area (Å²) in [4.78, 5) is 14.1. The number of benzene rings is 2. The number of anilines is 2. The molecule has 0 heterocycles. The van der Waals surface area contributed by atoms with Crippen molar-refractivity contribution in [1.82, 2.24) is 0 Å². The molecule has 1 N–H and O–H groups in total. The molecule has 3 nitrogen and oxygen atoms in total. The summed E-state index contributed by atoms with van der Waals surface area (Å²) in [5.41, 5.74) is 1.93. The Morgan fingerprint density at radius 2 is 1.80 bits per heavy atom. The van der Waals surface area contributed by atoms with Gasteiger partial charge in [-0.05, 0) is 30.3 Å². The second-order valence-electron chi connectivity index (χ2n) is 4.49. The van der Waals surface area contributed by atoms with Crippen LogP contribution in [-0.4, -0.2) is 20.0 Å². The lowest BCUT2D eigenvalue weighted by atomic mass is 10.2. The molecule has 0 aliphatic heterocycles. The van der Waals surface area contributed by atoms with E-state index in [1.807, 2.05) is 25.1 Å². The van der Waals surface area contributed by atoms with E-state index < -0.39 is 0 Å². The van der Waals surface area contributed by atoms with Crippen molar-refractivity contribution in [2.24, 2.45) is 0 Å². The third-order valence-electron chi connectivity index (χ3n) is 2.77. The molecule has 20 heavy (non-hydrogen) atoms. The first kappa shape index (κ1) is 14.7. The van der Waals surface area contributed by atoms with Crippen LogP contribution in [0.2, 0.25) is 10.0 Å². The summed E-state index contributed by atoms with van der Waals surface area (Å²) in [5, 5.41) is 3.96. The number of rotatable bonds is 3. The third-order valence-corrected chi connectivity index (χ3v) is 3.31. The molecule has 0 atom stereocenters. The van der Waals surface area contributed by atoms with Crippen LogP contribution in [0, 0.1) is 0 Å². The number of nitrogens with zero attached hydrogens (tertiary/aromatic N) is 1. The molecule has 0 aliphatic carbocycles. The summed E-state index contributed by atoms with van der Waals surface area (Å²) in [6, 6.07) is 12.2. The number of amides is 1. The van der Waals surface area contributed by atoms with Gasteiger partial charge in [-0.2, -0.15) is 0 Å². The minimum absolute atomic E-state index is 0.224. The molecular weight excluding hydrogens is 295 g/mol. The number of hydrogen-bond donors (Lipinski definition) is 1. The maximum atomic E-state index is 12.2. The van der Waals surface area contributed by atoms with Gasteiger partial charge in [0, 0.05) is 24.7 Å². The normalized spacial score (nSPS) is 10.2. The fourth-order valence-electron chi connectivity index (χ4n) is 1.89. The molecule has 0 unspecified atom stereocenters. The molecule has 1 amide bonds. The van der Waals surface area contributed by atoms with Crippen molar-refractivity contribution in [2.75, 3.05) is 24.3 Å². The Hall–Kier alpha value is -1.71. The van der Waals surface area contributed by atoms with Gasteiger partial charge >= 0.3 is 0 Å². The zero-order chi connectivity index (χ0) is 14.7. The fraction of sp³-hybridized carbons (Fsp3) is 0.133. The Labute approximate surface area is 128 Å². The SMILES string of the molecule is CN(C)c1c(Cl)cccc1NC(=O)c1cccc(Cl)c1. The second kappa shape index (κ2) is 6.16. The van der Waals surface area contributed by atoms with E-state index in [9.17, 15) is 4.79 Å². The molecule has 0 aliphatic rings. The van der Waals surface area contributed by atoms with Crippen molar-refractivity contribution >= 4 is 40.5 Å². The number of hydrogen-bond acceptors (Lipinski definition) is 2. The van der Waals surface area contributed by atoms with Gasteiger partial charge in [-0.15, -0.1) is 0 Å². The molecule has 0 fully saturated rings. The van der Waals surface area contributed by atoms with Gasteiger partial charge in [0.2, 0.25) is 0 Å². The molecule has 0 radical (unpaired) electrons. The smallest absolute Gasteiger partial charge is 0.255 e. The number of para-hydroxylation sites is 1. The lowest BCUT2D eigenvalue weighted by Gasteiger charge is -2.19. The quantitative estimate of drug-likeness (QED) is 0.916. The maximum Gasteiger partial charge on any atom is 0.255 e. The van der Waals surface area contributed by atoms with E-state index in [-0.39, 0.29) is 5.91 Å². The van der Waals surface area contributed by atoms with Crippen LogP contribution in [0.4, 0.5) is 11.4 Å². The van der Waals surface area contributed by atoms with Gasteiger partial charge in [-0.1, -0.05) is 35.3 Å². The standard InChI is InChI=1S/C15H14Cl2N2O/c1-19(2)14-12(17)7-4-8-13(14)18-15(20)10-5-3-6-11(16)9-10/h3-9H,1-2H3,(H,18,20). The Morgan fingerprint density at radius 3 is 2.45 bits per heavy atom. The van der Waals surface area contributed by atoms with E-state index in [0.29, 0.717) is 21.3 Å². The summed E-state index contributed by atoms with van der Waals surface area (Å²) in [6.45, 7) is 0. The predicted molar refractivity (Wildman–Crippen MR) is 85.2 cm³/mol. The van der Waals surface area contributed by atoms with Crippen molar-refractivity contribution in [3.05, 3.63) is 58.1 Å². The third kappa shape index (κ3) is 3.24. The van der Waals surface area contributed by atoms with Crippen LogP contribution in [0.15, 0.2) is 42.5 Å². The summed E-state index contributed by atoms with van der Waals surface area (Å²) in [5.74, 6) is -0.224. The van der Waals surface area contributed by atoms with Gasteiger partial charge in [-0.25, -0.2) is 0 Å². The minimum Gasteiger partial charge on any atom is -0.375 e. The maximum absolute atomic E-state index is 12.2. The molecular formula is C15H14Cl2N2O. The number of carbonyl (C=O) groups excluding carboxylic acids is 1. The van der Waals surface area contributed by atoms with Gasteiger partial charge in [0.1, 0.15) is 0 Å². The molecule has 0 bridgehead atoms. The Kier molecular flexibility index (Phi) is 4.53. The molecule has 2 aromatic rings. The highest BCUT2D eigenvalue weighted by Crippen LogP contribution is 2.32. The van der Waals surface area contributed by atoms with Gasteiger partial charge in [-0.3, -0.25) is 4.79 Å². The van der Waals surface area contributed by atoms with Gasteiger partial charge in [0.05, 0.1) is 16.4 Å². The largest absolute Gasteiger partial charge is 0.375 e. The Balaban J connectivity index is 2.31. The van der Waals surface area contributed by atoms with Gasteiger partial charge < -0.3 is 10.2 Å². The predicted octanol–water partition coefficient (Wildman–Crippen LogP) is 4.31. The summed E-state index contributed by atoms with van der Waals surface area (Å²) in [7, 11) is 3.74. The molecule has 5 heteroatoms. The average molecular weight is 309 g/mol. The number of halogens is 2. The van der Waals surface area contributed by atoms with E-state index in [1.165, 1.54) is 0 Å². The van der Waals surface area contributed by atoms with Gasteiger partial charge in [0.25, 0.3) is 5.91 Å². The van der Waals surface area contributed by atoms with Crippen LogP contribution in [0.1, 0.15) is 10.4 Å². The number of nitrogens with one attached hydrogen (secondary N) is 1. The highest BCUT2D eigenvalue weighted by Gasteiger charge is 2.13. The van der Waals surface area contributed by atoms with Crippen LogP contribution >= 0.6 is 23.2 Å². The highest BCUT2D eigenvalue weighted by atomic mass is 35.5. The first-order valence-corrected chi connectivity index (χ1v) is 6.77. The fourth-order valence-corrected chi connectivity index (χ4v) is 2.43. The minimum atomic E-state index is -0.224. The van der Waals surface area contributed by atoms with Crippen molar-refractivity contribution in [3.8, 4) is 0 Å². The lowest BCUT2D eigenvalue weighted by molar-refractivity contribution is 0.102. The van der Waals surface area contributed by atoms with Crippen molar-refractivity contribution < 1.29 is 4.79 Å². The van der Waals surface area contributed by atoms with Crippen molar-refractivity contribution in [3.63, 3.8) is 0 Å². The average Bonchev–Trinajstić information content (AvgIpc) is 2.38. The van der Waals surface area contributed by atoms with Gasteiger partial charge in [0.15, 0.2) is 0 Å². The Bertz CT molecular complexity index is 642. The summed E-state index contributed by atoms with van der Waals surface area (Å²) in [6.07, 6.45) is 0. The van der Waals surface area contributed by atoms with Crippen LogP contribution in [0.5, 0.6) is 0 Å². The second-order valence-corrected chi connectivity index (χ2v) is 5.34. The van der Waals surface area contributed by atoms with Crippen LogP contribution < -0.4 is 10.2 Å². The molecule has 2 rings (SSSR count). The van der Waals surface area contributed by atoms with E-state index in [1.54, 1.807) is 36.4 Å². The number of carbonyl (C=O) groups is 1. The highest BCUT2D eigenvalue weighted by molar-refractivity contribution is 6.34. The van der Waals surface area contributed by atoms with Crippen LogP contribution in [0.3, 0.4) is 0 Å². The van der Waals surface area contributed by atoms with Crippen molar-refractivity contribution in [2.45, 2.75) is 0 Å². The van der Waals surface area contributed by atoms with E-state index >= 15 is 0 Å². The molecule has 0 aromatic heterocycles. The molecule has 2 aromatic carbocycles. The summed E-state index contributed by atoms with van der Waals surface area (Å²) < 4.78 is 0. The molecule has 0 spiro atoms. The molecule has 104 valence electrons. The van der Waals surface area contributed by atoms with Crippen LogP contribution in [-0.2, 0) is 0 Å². The van der Waals surface area contributed by atoms with E-state index in [0.717, 1.165) is 5.69 Å². The first-order valence-electron chi connectivity index (χ1n) is 6.02. The van der Waals surface area contributed by atoms with E-state index in [2.05, 4.69) is 5.32 Å². The molecule has 0 saturated carbocycles. The van der Waals surface area contributed by atoms with Crippen molar-refractivity contribution in [1.29, 1.82) is 0 Å². The monoisotopic (exact) mass is 308 g/mol. The first-order chi connectivity index (χ1) is 9.49. The zero-order valence-corrected chi connectivity index (χ0v) is 12.7. The lowest BCUT2D eigenvalue weighted by Crippen LogP contribution is -2.17. The summed E-state index contributed by atoms with van der Waals surface area (Å²) >= 11 is 12.1. The topological polar surface area (TPSA) is 32.3 Å². The van der Waals surface area contributed by atoms with Crippen LogP contribution in [0.25, 0.3) is 0 Å². The van der Waals surface area contributed by atoms with E-state index in [4.69, 9.17) is 23.2 Å².